The molecule has 0 aromatic heterocycles. The van der Waals surface area contributed by atoms with Crippen LogP contribution in [0.2, 0.25) is 0 Å². The maximum Gasteiger partial charge on any atom is 0.511 e. The number of nitrogens with two attached hydrogens (primary N) is 1. The molecule has 9 heteroatoms. The van der Waals surface area contributed by atoms with E-state index in [2.05, 4.69) is 0 Å². The van der Waals surface area contributed by atoms with Crippen molar-refractivity contribution in [2.75, 3.05) is 6.79 Å². The van der Waals surface area contributed by atoms with Crippen LogP contribution in [0, 0.1) is 35.5 Å². The number of esters is 1. The van der Waals surface area contributed by atoms with E-state index in [-0.39, 0.29) is 6.42 Å². The summed E-state index contributed by atoms with van der Waals surface area (Å²) < 4.78 is 29.5. The number of rotatable bonds is 5. The fourth-order valence-electron chi connectivity index (χ4n) is 7.15. The highest BCUT2D eigenvalue weighted by molar-refractivity contribution is 5.86. The molecule has 6 fully saturated rings. The summed E-state index contributed by atoms with van der Waals surface area (Å²) >= 11 is 0. The van der Waals surface area contributed by atoms with Gasteiger partial charge in [-0.3, -0.25) is 9.59 Å². The summed E-state index contributed by atoms with van der Waals surface area (Å²) in [5.41, 5.74) is 3.21. The Bertz CT molecular complexity index is 722. The van der Waals surface area contributed by atoms with E-state index in [4.69, 9.17) is 19.9 Å². The Hall–Kier alpha value is -1.90. The lowest BCUT2D eigenvalue weighted by Gasteiger charge is -2.55. The topological polar surface area (TPSA) is 125 Å². The van der Waals surface area contributed by atoms with Crippen molar-refractivity contribution in [3.05, 3.63) is 0 Å². The Labute approximate surface area is 167 Å². The minimum Gasteiger partial charge on any atom is -0.480 e. The summed E-state index contributed by atoms with van der Waals surface area (Å²) in [4.78, 5) is 35.7. The van der Waals surface area contributed by atoms with Gasteiger partial charge in [-0.25, -0.2) is 9.18 Å². The number of carboxylic acids is 1. The first-order valence-corrected chi connectivity index (χ1v) is 10.4. The molecule has 4 bridgehead atoms. The van der Waals surface area contributed by atoms with Crippen LogP contribution < -0.4 is 5.73 Å². The molecule has 0 aromatic carbocycles. The van der Waals surface area contributed by atoms with Crippen LogP contribution in [0.4, 0.5) is 9.18 Å². The maximum absolute atomic E-state index is 13.9. The highest BCUT2D eigenvalue weighted by atomic mass is 19.1. The molecule has 29 heavy (non-hydrogen) atoms. The molecule has 0 aliphatic heterocycles. The fraction of sp³-hybridized carbons (Fsp3) is 0.850. The normalized spacial score (nSPS) is 48.7. The molecule has 0 unspecified atom stereocenters. The van der Waals surface area contributed by atoms with E-state index >= 15 is 0 Å². The van der Waals surface area contributed by atoms with Crippen molar-refractivity contribution in [1.29, 1.82) is 0 Å². The van der Waals surface area contributed by atoms with Crippen molar-refractivity contribution >= 4 is 18.1 Å². The maximum atomic E-state index is 13.9. The molecule has 6 saturated carbocycles. The molecular formula is C20H26FNO7. The van der Waals surface area contributed by atoms with Crippen LogP contribution in [-0.4, -0.2) is 47.3 Å². The fourth-order valence-corrected chi connectivity index (χ4v) is 7.15. The van der Waals surface area contributed by atoms with E-state index in [9.17, 15) is 23.9 Å². The van der Waals surface area contributed by atoms with Crippen LogP contribution in [0.15, 0.2) is 0 Å². The Morgan fingerprint density at radius 2 is 1.59 bits per heavy atom. The Balaban J connectivity index is 1.10. The molecule has 3 N–H and O–H groups in total. The number of carbonyl (C=O) groups excluding carboxylic acids is 2. The van der Waals surface area contributed by atoms with Crippen molar-refractivity contribution in [2.45, 2.75) is 62.3 Å². The molecule has 6 rings (SSSR count). The quantitative estimate of drug-likeness (QED) is 0.520. The van der Waals surface area contributed by atoms with Gasteiger partial charge >= 0.3 is 18.1 Å². The predicted molar refractivity (Wildman–Crippen MR) is 94.0 cm³/mol. The molecule has 8 nitrogen and oxygen atoms in total. The van der Waals surface area contributed by atoms with E-state index in [0.717, 1.165) is 19.3 Å². The minimum atomic E-state index is -2.06. The van der Waals surface area contributed by atoms with Gasteiger partial charge in [0.25, 0.3) is 0 Å². The Morgan fingerprint density at radius 3 is 2.14 bits per heavy atom. The van der Waals surface area contributed by atoms with Crippen LogP contribution in [0.25, 0.3) is 0 Å². The number of ether oxygens (including phenoxy) is 3. The molecule has 0 aromatic rings. The zero-order chi connectivity index (χ0) is 20.6. The number of aliphatic carboxylic acids is 1. The number of carboxylic acid groups (broad SMARTS) is 1. The van der Waals surface area contributed by atoms with Gasteiger partial charge in [-0.15, -0.1) is 0 Å². The molecule has 0 heterocycles. The summed E-state index contributed by atoms with van der Waals surface area (Å²) in [6, 6.07) is 0. The lowest BCUT2D eigenvalue weighted by molar-refractivity contribution is -0.166. The van der Waals surface area contributed by atoms with E-state index in [1.54, 1.807) is 0 Å². The number of carbonyl (C=O) groups is 3. The number of hydrogen-bond donors (Lipinski definition) is 2. The number of halogens is 1. The second-order valence-corrected chi connectivity index (χ2v) is 9.84. The van der Waals surface area contributed by atoms with Gasteiger partial charge < -0.3 is 25.1 Å². The van der Waals surface area contributed by atoms with Crippen LogP contribution in [0.3, 0.4) is 0 Å². The Kier molecular flexibility index (Phi) is 4.14. The summed E-state index contributed by atoms with van der Waals surface area (Å²) in [6.07, 6.45) is 3.66. The smallest absolute Gasteiger partial charge is 0.480 e. The second kappa shape index (κ2) is 6.30. The van der Waals surface area contributed by atoms with Gasteiger partial charge in [0.15, 0.2) is 0 Å². The van der Waals surface area contributed by atoms with Crippen LogP contribution >= 0.6 is 0 Å². The highest BCUT2D eigenvalue weighted by Crippen LogP contribution is 2.62. The lowest BCUT2D eigenvalue weighted by Crippen LogP contribution is -2.56. The third-order valence-corrected chi connectivity index (χ3v) is 8.02. The van der Waals surface area contributed by atoms with E-state index in [1.165, 1.54) is 19.3 Å². The number of alkyl halides is 1. The van der Waals surface area contributed by atoms with Crippen molar-refractivity contribution in [2.24, 2.45) is 41.2 Å². The van der Waals surface area contributed by atoms with Crippen LogP contribution in [-0.2, 0) is 23.8 Å². The second-order valence-electron chi connectivity index (χ2n) is 9.84. The average Bonchev–Trinajstić information content (AvgIpc) is 3.26. The van der Waals surface area contributed by atoms with E-state index in [0.29, 0.717) is 17.8 Å². The van der Waals surface area contributed by atoms with Crippen molar-refractivity contribution in [1.82, 2.24) is 0 Å². The molecule has 0 spiro atoms. The third kappa shape index (κ3) is 2.92. The standard InChI is InChI=1S/C20H26FNO7/c21-13-4-12-14(15(12)20(13,22)17(24)25)16(23)27-8-28-18(26)29-19-5-9-1-10(6-19)3-11(2-9)7-19/h9-15H,1-8,22H2,(H,24,25)/t9?,10?,11?,12-,13-,14-,15-,19?,20-/m0/s1. The summed E-state index contributed by atoms with van der Waals surface area (Å²) in [6.45, 7) is -0.607. The first-order chi connectivity index (χ1) is 13.7. The monoisotopic (exact) mass is 411 g/mol. The van der Waals surface area contributed by atoms with Gasteiger partial charge in [0, 0.05) is 5.92 Å². The van der Waals surface area contributed by atoms with Gasteiger partial charge in [0.05, 0.1) is 5.92 Å². The first-order valence-electron chi connectivity index (χ1n) is 10.4. The van der Waals surface area contributed by atoms with Crippen LogP contribution in [0.5, 0.6) is 0 Å². The molecular weight excluding hydrogens is 385 g/mol. The molecule has 0 amide bonds. The molecule has 0 saturated heterocycles. The van der Waals surface area contributed by atoms with Gasteiger partial charge in [0.2, 0.25) is 6.79 Å². The zero-order valence-electron chi connectivity index (χ0n) is 16.1. The lowest BCUT2D eigenvalue weighted by atomic mass is 9.54. The van der Waals surface area contributed by atoms with Crippen LogP contribution in [0.1, 0.15) is 44.9 Å². The van der Waals surface area contributed by atoms with Gasteiger partial charge in [-0.1, -0.05) is 0 Å². The zero-order valence-corrected chi connectivity index (χ0v) is 16.1. The minimum absolute atomic E-state index is 0.0812. The third-order valence-electron chi connectivity index (χ3n) is 8.02. The van der Waals surface area contributed by atoms with Gasteiger partial charge in [-0.2, -0.15) is 0 Å². The molecule has 0 radical (unpaired) electrons. The van der Waals surface area contributed by atoms with Gasteiger partial charge in [0.1, 0.15) is 17.3 Å². The molecule has 6 aliphatic carbocycles. The molecule has 160 valence electrons. The summed E-state index contributed by atoms with van der Waals surface area (Å²) in [7, 11) is 0. The predicted octanol–water partition coefficient (Wildman–Crippen LogP) is 2.00. The van der Waals surface area contributed by atoms with E-state index in [1.807, 2.05) is 0 Å². The Morgan fingerprint density at radius 1 is 1.00 bits per heavy atom. The largest absolute Gasteiger partial charge is 0.511 e. The summed E-state index contributed by atoms with van der Waals surface area (Å²) in [5.74, 6) is -2.33. The number of hydrogen-bond acceptors (Lipinski definition) is 7. The van der Waals surface area contributed by atoms with E-state index < -0.39 is 60.0 Å². The van der Waals surface area contributed by atoms with Crippen molar-refractivity contribution < 1.29 is 38.1 Å². The van der Waals surface area contributed by atoms with Crippen molar-refractivity contribution in [3.63, 3.8) is 0 Å². The van der Waals surface area contributed by atoms with Gasteiger partial charge in [-0.05, 0) is 68.6 Å². The molecule has 5 atom stereocenters. The number of fused-ring (bicyclic) bond motifs is 1. The SMILES string of the molecule is N[C@]1(C(=O)O)[C@H]2[C@@H](C[C@@H]1F)[C@@H]2C(=O)OCOC(=O)OC12CC3CC(CC(C3)C1)C2. The molecule has 6 aliphatic rings. The summed E-state index contributed by atoms with van der Waals surface area (Å²) in [5, 5.41) is 9.23. The average molecular weight is 411 g/mol. The highest BCUT2D eigenvalue weighted by Gasteiger charge is 2.74. The first kappa shape index (κ1) is 19.1. The van der Waals surface area contributed by atoms with Crippen molar-refractivity contribution in [3.8, 4) is 0 Å².